The standard InChI is InChI=1S/C17H23NO2/c1-13-12-15(8-9-16(13)20-2)17(19)18-11-10-14-6-4-3-5-7-14/h6,8-9,12H,3-5,7,10-11H2,1-2H3,(H,18,19). The van der Waals surface area contributed by atoms with Crippen molar-refractivity contribution in [2.24, 2.45) is 0 Å². The molecule has 3 heteroatoms. The maximum atomic E-state index is 12.1. The lowest BCUT2D eigenvalue weighted by molar-refractivity contribution is 0.0954. The zero-order chi connectivity index (χ0) is 14.4. The van der Waals surface area contributed by atoms with Crippen LogP contribution >= 0.6 is 0 Å². The first kappa shape index (κ1) is 14.6. The highest BCUT2D eigenvalue weighted by Gasteiger charge is 2.08. The largest absolute Gasteiger partial charge is 0.496 e. The second kappa shape index (κ2) is 7.13. The van der Waals surface area contributed by atoms with Crippen LogP contribution in [0.1, 0.15) is 48.0 Å². The molecule has 0 saturated carbocycles. The zero-order valence-electron chi connectivity index (χ0n) is 12.4. The third-order valence-corrected chi connectivity index (χ3v) is 3.77. The second-order valence-corrected chi connectivity index (χ2v) is 5.30. The van der Waals surface area contributed by atoms with Crippen LogP contribution in [-0.2, 0) is 0 Å². The molecule has 1 aliphatic carbocycles. The van der Waals surface area contributed by atoms with Gasteiger partial charge in [0, 0.05) is 12.1 Å². The topological polar surface area (TPSA) is 38.3 Å². The molecule has 0 bridgehead atoms. The van der Waals surface area contributed by atoms with Crippen molar-refractivity contribution in [1.29, 1.82) is 0 Å². The van der Waals surface area contributed by atoms with Gasteiger partial charge in [-0.2, -0.15) is 0 Å². The monoisotopic (exact) mass is 273 g/mol. The van der Waals surface area contributed by atoms with Gasteiger partial charge in [0.15, 0.2) is 0 Å². The van der Waals surface area contributed by atoms with Crippen molar-refractivity contribution < 1.29 is 9.53 Å². The summed E-state index contributed by atoms with van der Waals surface area (Å²) in [5, 5.41) is 2.99. The highest BCUT2D eigenvalue weighted by molar-refractivity contribution is 5.94. The minimum Gasteiger partial charge on any atom is -0.496 e. The molecule has 0 atom stereocenters. The number of aryl methyl sites for hydroxylation is 1. The smallest absolute Gasteiger partial charge is 0.251 e. The third-order valence-electron chi connectivity index (χ3n) is 3.77. The molecule has 1 aliphatic rings. The summed E-state index contributed by atoms with van der Waals surface area (Å²) in [5.41, 5.74) is 3.17. The molecule has 0 saturated heterocycles. The quantitative estimate of drug-likeness (QED) is 0.832. The van der Waals surface area contributed by atoms with Crippen LogP contribution < -0.4 is 10.1 Å². The molecule has 1 aromatic carbocycles. The lowest BCUT2D eigenvalue weighted by atomic mass is 9.97. The van der Waals surface area contributed by atoms with Gasteiger partial charge in [0.05, 0.1) is 7.11 Å². The molecule has 0 radical (unpaired) electrons. The summed E-state index contributed by atoms with van der Waals surface area (Å²) in [5.74, 6) is 0.807. The highest BCUT2D eigenvalue weighted by Crippen LogP contribution is 2.20. The number of benzene rings is 1. The Labute approximate surface area is 121 Å². The molecule has 1 N–H and O–H groups in total. The fraction of sp³-hybridized carbons (Fsp3) is 0.471. The Balaban J connectivity index is 1.85. The van der Waals surface area contributed by atoms with E-state index in [1.54, 1.807) is 13.2 Å². The Morgan fingerprint density at radius 2 is 2.20 bits per heavy atom. The number of amides is 1. The van der Waals surface area contributed by atoms with Crippen molar-refractivity contribution in [2.45, 2.75) is 39.0 Å². The Morgan fingerprint density at radius 1 is 1.35 bits per heavy atom. The van der Waals surface area contributed by atoms with Gasteiger partial charge in [0.2, 0.25) is 0 Å². The molecule has 0 aliphatic heterocycles. The van der Waals surface area contributed by atoms with Gasteiger partial charge in [-0.3, -0.25) is 4.79 Å². The molecule has 0 heterocycles. The molecule has 20 heavy (non-hydrogen) atoms. The van der Waals surface area contributed by atoms with E-state index in [1.165, 1.54) is 31.3 Å². The number of rotatable bonds is 5. The summed E-state index contributed by atoms with van der Waals surface area (Å²) < 4.78 is 5.20. The summed E-state index contributed by atoms with van der Waals surface area (Å²) in [6.07, 6.45) is 8.28. The highest BCUT2D eigenvalue weighted by atomic mass is 16.5. The Bertz CT molecular complexity index is 506. The van der Waals surface area contributed by atoms with Gasteiger partial charge >= 0.3 is 0 Å². The molecule has 0 fully saturated rings. The normalized spacial score (nSPS) is 14.6. The van der Waals surface area contributed by atoms with E-state index in [0.29, 0.717) is 5.56 Å². The number of allylic oxidation sites excluding steroid dienone is 1. The lowest BCUT2D eigenvalue weighted by Gasteiger charge is -2.13. The van der Waals surface area contributed by atoms with E-state index < -0.39 is 0 Å². The van der Waals surface area contributed by atoms with E-state index in [2.05, 4.69) is 11.4 Å². The number of methoxy groups -OCH3 is 1. The average molecular weight is 273 g/mol. The average Bonchev–Trinajstić information content (AvgIpc) is 2.48. The summed E-state index contributed by atoms with van der Waals surface area (Å²) in [6, 6.07) is 5.52. The van der Waals surface area contributed by atoms with E-state index in [9.17, 15) is 4.79 Å². The zero-order valence-corrected chi connectivity index (χ0v) is 12.4. The Kier molecular flexibility index (Phi) is 5.22. The van der Waals surface area contributed by atoms with Crippen molar-refractivity contribution in [3.8, 4) is 5.75 Å². The molecule has 3 nitrogen and oxygen atoms in total. The fourth-order valence-electron chi connectivity index (χ4n) is 2.59. The van der Waals surface area contributed by atoms with Crippen molar-refractivity contribution in [3.63, 3.8) is 0 Å². The van der Waals surface area contributed by atoms with Crippen molar-refractivity contribution in [2.75, 3.05) is 13.7 Å². The van der Waals surface area contributed by atoms with Crippen LogP contribution in [-0.4, -0.2) is 19.6 Å². The van der Waals surface area contributed by atoms with Crippen LogP contribution in [0.4, 0.5) is 0 Å². The Hall–Kier alpha value is -1.77. The molecule has 1 aromatic rings. The predicted molar refractivity (Wildman–Crippen MR) is 81.2 cm³/mol. The maximum Gasteiger partial charge on any atom is 0.251 e. The molecular weight excluding hydrogens is 250 g/mol. The maximum absolute atomic E-state index is 12.1. The van der Waals surface area contributed by atoms with Crippen molar-refractivity contribution in [3.05, 3.63) is 41.0 Å². The van der Waals surface area contributed by atoms with Crippen molar-refractivity contribution in [1.82, 2.24) is 5.32 Å². The number of carbonyl (C=O) groups is 1. The number of nitrogens with one attached hydrogen (secondary N) is 1. The first-order valence-electron chi connectivity index (χ1n) is 7.31. The first-order valence-corrected chi connectivity index (χ1v) is 7.31. The van der Waals surface area contributed by atoms with E-state index in [4.69, 9.17) is 4.74 Å². The van der Waals surface area contributed by atoms with Crippen LogP contribution in [0.3, 0.4) is 0 Å². The number of ether oxygens (including phenoxy) is 1. The molecular formula is C17H23NO2. The van der Waals surface area contributed by atoms with Gasteiger partial charge in [0.25, 0.3) is 5.91 Å². The summed E-state index contributed by atoms with van der Waals surface area (Å²) >= 11 is 0. The van der Waals surface area contributed by atoms with Gasteiger partial charge < -0.3 is 10.1 Å². The van der Waals surface area contributed by atoms with Gasteiger partial charge in [-0.15, -0.1) is 0 Å². The molecule has 0 spiro atoms. The predicted octanol–water partition coefficient (Wildman–Crippen LogP) is 3.62. The van der Waals surface area contributed by atoms with Gasteiger partial charge in [-0.05, 0) is 62.8 Å². The second-order valence-electron chi connectivity index (χ2n) is 5.30. The molecule has 1 amide bonds. The van der Waals surface area contributed by atoms with E-state index in [-0.39, 0.29) is 5.91 Å². The van der Waals surface area contributed by atoms with Crippen LogP contribution in [0.2, 0.25) is 0 Å². The van der Waals surface area contributed by atoms with E-state index in [1.807, 2.05) is 19.1 Å². The summed E-state index contributed by atoms with van der Waals surface area (Å²) in [4.78, 5) is 12.1. The number of hydrogen-bond donors (Lipinski definition) is 1. The van der Waals surface area contributed by atoms with Crippen LogP contribution in [0.5, 0.6) is 5.75 Å². The van der Waals surface area contributed by atoms with Gasteiger partial charge in [-0.1, -0.05) is 11.6 Å². The molecule has 0 unspecified atom stereocenters. The van der Waals surface area contributed by atoms with E-state index in [0.717, 1.165) is 24.3 Å². The first-order chi connectivity index (χ1) is 9.70. The van der Waals surface area contributed by atoms with E-state index >= 15 is 0 Å². The SMILES string of the molecule is COc1ccc(C(=O)NCCC2=CCCCC2)cc1C. The lowest BCUT2D eigenvalue weighted by Crippen LogP contribution is -2.25. The van der Waals surface area contributed by atoms with Crippen LogP contribution in [0, 0.1) is 6.92 Å². The fourth-order valence-corrected chi connectivity index (χ4v) is 2.59. The summed E-state index contributed by atoms with van der Waals surface area (Å²) in [6.45, 7) is 2.66. The van der Waals surface area contributed by atoms with Crippen LogP contribution in [0.25, 0.3) is 0 Å². The number of carbonyl (C=O) groups excluding carboxylic acids is 1. The Morgan fingerprint density at radius 3 is 2.85 bits per heavy atom. The minimum atomic E-state index is -0.00726. The van der Waals surface area contributed by atoms with Gasteiger partial charge in [0.1, 0.15) is 5.75 Å². The van der Waals surface area contributed by atoms with Gasteiger partial charge in [-0.25, -0.2) is 0 Å². The van der Waals surface area contributed by atoms with Crippen LogP contribution in [0.15, 0.2) is 29.8 Å². The molecule has 2 rings (SSSR count). The summed E-state index contributed by atoms with van der Waals surface area (Å²) in [7, 11) is 1.64. The molecule has 108 valence electrons. The molecule has 0 aromatic heterocycles. The third kappa shape index (κ3) is 3.86. The van der Waals surface area contributed by atoms with Crippen molar-refractivity contribution >= 4 is 5.91 Å². The number of hydrogen-bond acceptors (Lipinski definition) is 2. The minimum absolute atomic E-state index is 0.00726.